The number of carbonyl (C=O) groups excluding carboxylic acids is 1. The van der Waals surface area contributed by atoms with Crippen molar-refractivity contribution in [1.82, 2.24) is 4.90 Å². The Labute approximate surface area is 155 Å². The number of nitrogens with zero attached hydrogens (tertiary/aromatic N) is 3. The summed E-state index contributed by atoms with van der Waals surface area (Å²) in [6, 6.07) is 18.5. The maximum absolute atomic E-state index is 12.0. The second-order valence-corrected chi connectivity index (χ2v) is 6.86. The largest absolute Gasteiger partial charge is 0.368 e. The zero-order chi connectivity index (χ0) is 18.5. The van der Waals surface area contributed by atoms with E-state index in [1.54, 1.807) is 19.1 Å². The van der Waals surface area contributed by atoms with Crippen LogP contribution in [0.3, 0.4) is 0 Å². The standard InChI is InChI=1S/C22H25N3O/c1-3-20-16-25(12-11-24(20)15-18-7-5-4-6-8-18)22-13-19(14-23)9-10-21(22)17(2)26/h4-10,13,20H,3,11-12,15-16H2,1-2H3. The van der Waals surface area contributed by atoms with Crippen LogP contribution in [0.4, 0.5) is 5.69 Å². The Morgan fingerprint density at radius 2 is 1.96 bits per heavy atom. The van der Waals surface area contributed by atoms with Gasteiger partial charge in [-0.1, -0.05) is 37.3 Å². The van der Waals surface area contributed by atoms with Gasteiger partial charge in [-0.05, 0) is 37.1 Å². The fourth-order valence-electron chi connectivity index (χ4n) is 3.69. The Bertz CT molecular complexity index is 810. The molecule has 3 rings (SSSR count). The van der Waals surface area contributed by atoms with Crippen LogP contribution in [-0.2, 0) is 6.54 Å². The molecule has 0 N–H and O–H groups in total. The molecule has 0 saturated carbocycles. The molecule has 0 spiro atoms. The lowest BCUT2D eigenvalue weighted by atomic mass is 10.0. The molecule has 1 saturated heterocycles. The summed E-state index contributed by atoms with van der Waals surface area (Å²) in [7, 11) is 0. The van der Waals surface area contributed by atoms with Gasteiger partial charge in [0.1, 0.15) is 0 Å². The van der Waals surface area contributed by atoms with Crippen LogP contribution in [-0.4, -0.2) is 36.4 Å². The van der Waals surface area contributed by atoms with Crippen molar-refractivity contribution in [2.24, 2.45) is 0 Å². The summed E-state index contributed by atoms with van der Waals surface area (Å²) in [4.78, 5) is 16.8. The second kappa shape index (κ2) is 8.16. The first-order valence-electron chi connectivity index (χ1n) is 9.20. The third kappa shape index (κ3) is 3.95. The lowest BCUT2D eigenvalue weighted by Crippen LogP contribution is -2.52. The molecule has 134 valence electrons. The molecule has 0 bridgehead atoms. The van der Waals surface area contributed by atoms with E-state index in [0.717, 1.165) is 38.3 Å². The van der Waals surface area contributed by atoms with Crippen molar-refractivity contribution in [2.45, 2.75) is 32.9 Å². The minimum Gasteiger partial charge on any atom is -0.368 e. The van der Waals surface area contributed by atoms with E-state index in [0.29, 0.717) is 17.2 Å². The third-order valence-corrected chi connectivity index (χ3v) is 5.15. The van der Waals surface area contributed by atoms with Gasteiger partial charge in [0.2, 0.25) is 0 Å². The molecule has 1 aliphatic heterocycles. The van der Waals surface area contributed by atoms with Crippen LogP contribution in [0.15, 0.2) is 48.5 Å². The highest BCUT2D eigenvalue weighted by Gasteiger charge is 2.27. The smallest absolute Gasteiger partial charge is 0.161 e. The topological polar surface area (TPSA) is 47.3 Å². The van der Waals surface area contributed by atoms with Crippen molar-refractivity contribution in [1.29, 1.82) is 5.26 Å². The number of hydrogen-bond acceptors (Lipinski definition) is 4. The van der Waals surface area contributed by atoms with Crippen molar-refractivity contribution >= 4 is 11.5 Å². The highest BCUT2D eigenvalue weighted by molar-refractivity contribution is 6.00. The monoisotopic (exact) mass is 347 g/mol. The summed E-state index contributed by atoms with van der Waals surface area (Å²) >= 11 is 0. The van der Waals surface area contributed by atoms with E-state index in [4.69, 9.17) is 0 Å². The van der Waals surface area contributed by atoms with Crippen molar-refractivity contribution in [2.75, 3.05) is 24.5 Å². The molecule has 1 atom stereocenters. The van der Waals surface area contributed by atoms with Crippen LogP contribution >= 0.6 is 0 Å². The quantitative estimate of drug-likeness (QED) is 0.771. The van der Waals surface area contributed by atoms with E-state index < -0.39 is 0 Å². The fraction of sp³-hybridized carbons (Fsp3) is 0.364. The second-order valence-electron chi connectivity index (χ2n) is 6.86. The summed E-state index contributed by atoms with van der Waals surface area (Å²) in [5, 5.41) is 9.23. The summed E-state index contributed by atoms with van der Waals surface area (Å²) in [5.74, 6) is 0.0456. The Kier molecular flexibility index (Phi) is 5.70. The first-order chi connectivity index (χ1) is 12.6. The van der Waals surface area contributed by atoms with Crippen molar-refractivity contribution < 1.29 is 4.79 Å². The summed E-state index contributed by atoms with van der Waals surface area (Å²) < 4.78 is 0. The van der Waals surface area contributed by atoms with Gasteiger partial charge in [-0.3, -0.25) is 9.69 Å². The van der Waals surface area contributed by atoms with E-state index in [2.05, 4.69) is 47.1 Å². The van der Waals surface area contributed by atoms with E-state index in [-0.39, 0.29) is 5.78 Å². The van der Waals surface area contributed by atoms with Crippen LogP contribution in [0, 0.1) is 11.3 Å². The summed E-state index contributed by atoms with van der Waals surface area (Å²) in [5.41, 5.74) is 3.53. The van der Waals surface area contributed by atoms with Crippen LogP contribution in [0.2, 0.25) is 0 Å². The van der Waals surface area contributed by atoms with E-state index >= 15 is 0 Å². The van der Waals surface area contributed by atoms with Gasteiger partial charge in [0.05, 0.1) is 11.6 Å². The zero-order valence-corrected chi connectivity index (χ0v) is 15.5. The number of benzene rings is 2. The Hall–Kier alpha value is -2.64. The number of ketones is 1. The SMILES string of the molecule is CCC1CN(c2cc(C#N)ccc2C(C)=O)CCN1Cc1ccccc1. The molecule has 2 aromatic rings. The van der Waals surface area contributed by atoms with Crippen LogP contribution < -0.4 is 4.90 Å². The number of hydrogen-bond donors (Lipinski definition) is 0. The van der Waals surface area contributed by atoms with Gasteiger partial charge in [0, 0.05) is 43.5 Å². The molecule has 1 heterocycles. The number of nitriles is 1. The Morgan fingerprint density at radius 3 is 2.62 bits per heavy atom. The predicted octanol–water partition coefficient (Wildman–Crippen LogP) is 3.86. The van der Waals surface area contributed by atoms with Crippen LogP contribution in [0.25, 0.3) is 0 Å². The van der Waals surface area contributed by atoms with Gasteiger partial charge in [-0.25, -0.2) is 0 Å². The molecular formula is C22H25N3O. The molecule has 4 heteroatoms. The molecule has 1 unspecified atom stereocenters. The summed E-state index contributed by atoms with van der Waals surface area (Å²) in [6.07, 6.45) is 1.05. The maximum Gasteiger partial charge on any atom is 0.161 e. The molecule has 26 heavy (non-hydrogen) atoms. The van der Waals surface area contributed by atoms with Crippen molar-refractivity contribution in [3.05, 3.63) is 65.2 Å². The maximum atomic E-state index is 12.0. The van der Waals surface area contributed by atoms with Gasteiger partial charge in [-0.15, -0.1) is 0 Å². The molecular weight excluding hydrogens is 322 g/mol. The molecule has 0 amide bonds. The molecule has 1 aliphatic rings. The average molecular weight is 347 g/mol. The summed E-state index contributed by atoms with van der Waals surface area (Å²) in [6.45, 7) is 7.43. The Balaban J connectivity index is 1.81. The lowest BCUT2D eigenvalue weighted by Gasteiger charge is -2.42. The van der Waals surface area contributed by atoms with Gasteiger partial charge in [0.15, 0.2) is 5.78 Å². The number of anilines is 1. The molecule has 4 nitrogen and oxygen atoms in total. The van der Waals surface area contributed by atoms with Gasteiger partial charge in [-0.2, -0.15) is 5.26 Å². The van der Waals surface area contributed by atoms with E-state index in [1.807, 2.05) is 12.1 Å². The van der Waals surface area contributed by atoms with Crippen molar-refractivity contribution in [3.63, 3.8) is 0 Å². The number of piperazine rings is 1. The average Bonchev–Trinajstić information content (AvgIpc) is 2.68. The zero-order valence-electron chi connectivity index (χ0n) is 15.5. The number of rotatable bonds is 5. The number of carbonyl (C=O) groups is 1. The molecule has 0 aromatic heterocycles. The highest BCUT2D eigenvalue weighted by atomic mass is 16.1. The van der Waals surface area contributed by atoms with E-state index in [9.17, 15) is 10.1 Å². The molecule has 2 aromatic carbocycles. The van der Waals surface area contributed by atoms with Crippen molar-refractivity contribution in [3.8, 4) is 6.07 Å². The normalized spacial score (nSPS) is 17.7. The van der Waals surface area contributed by atoms with Gasteiger partial charge >= 0.3 is 0 Å². The molecule has 0 aliphatic carbocycles. The molecule has 1 fully saturated rings. The minimum absolute atomic E-state index is 0.0456. The third-order valence-electron chi connectivity index (χ3n) is 5.15. The Morgan fingerprint density at radius 1 is 1.19 bits per heavy atom. The van der Waals surface area contributed by atoms with Crippen LogP contribution in [0.5, 0.6) is 0 Å². The van der Waals surface area contributed by atoms with Crippen LogP contribution in [0.1, 0.15) is 41.8 Å². The lowest BCUT2D eigenvalue weighted by molar-refractivity contribution is 0.101. The fourth-order valence-corrected chi connectivity index (χ4v) is 3.69. The number of Topliss-reactive ketones (excluding diaryl/α,β-unsaturated/α-hetero) is 1. The first-order valence-corrected chi connectivity index (χ1v) is 9.20. The highest BCUT2D eigenvalue weighted by Crippen LogP contribution is 2.27. The van der Waals surface area contributed by atoms with E-state index in [1.165, 1.54) is 5.56 Å². The predicted molar refractivity (Wildman–Crippen MR) is 104 cm³/mol. The first kappa shape index (κ1) is 18.2. The molecule has 0 radical (unpaired) electrons. The van der Waals surface area contributed by atoms with Gasteiger partial charge in [0.25, 0.3) is 0 Å². The van der Waals surface area contributed by atoms with Gasteiger partial charge < -0.3 is 4.90 Å². The minimum atomic E-state index is 0.0456.